The normalized spacial score (nSPS) is 10.5. The third kappa shape index (κ3) is 5.23. The van der Waals surface area contributed by atoms with Crippen LogP contribution >= 0.6 is 11.6 Å². The van der Waals surface area contributed by atoms with E-state index in [9.17, 15) is 9.59 Å². The Morgan fingerprint density at radius 2 is 1.88 bits per heavy atom. The molecular formula is C20H23ClN2O3. The first-order valence-corrected chi connectivity index (χ1v) is 8.75. The first kappa shape index (κ1) is 19.8. The summed E-state index contributed by atoms with van der Waals surface area (Å²) in [6, 6.07) is 12.4. The Labute approximate surface area is 158 Å². The van der Waals surface area contributed by atoms with Crippen molar-refractivity contribution in [3.63, 3.8) is 0 Å². The highest BCUT2D eigenvalue weighted by Crippen LogP contribution is 2.29. The average molecular weight is 375 g/mol. The van der Waals surface area contributed by atoms with E-state index in [1.165, 1.54) is 11.8 Å². The van der Waals surface area contributed by atoms with Gasteiger partial charge in [0.05, 0.1) is 11.8 Å². The highest BCUT2D eigenvalue weighted by Gasteiger charge is 2.20. The third-order valence-corrected chi connectivity index (χ3v) is 3.91. The van der Waals surface area contributed by atoms with Crippen molar-refractivity contribution in [2.45, 2.75) is 33.8 Å². The van der Waals surface area contributed by atoms with Gasteiger partial charge >= 0.3 is 0 Å². The first-order chi connectivity index (χ1) is 12.3. The molecule has 0 radical (unpaired) electrons. The van der Waals surface area contributed by atoms with E-state index in [1.54, 1.807) is 30.3 Å². The second-order valence-corrected chi connectivity index (χ2v) is 6.68. The number of nitrogens with one attached hydrogen (secondary N) is 1. The zero-order valence-corrected chi connectivity index (χ0v) is 16.1. The lowest BCUT2D eigenvalue weighted by molar-refractivity contribution is -0.120. The molecule has 0 aliphatic carbocycles. The summed E-state index contributed by atoms with van der Waals surface area (Å²) in [6.07, 6.45) is -0.0482. The summed E-state index contributed by atoms with van der Waals surface area (Å²) in [7, 11) is 0. The van der Waals surface area contributed by atoms with Gasteiger partial charge in [0.2, 0.25) is 11.8 Å². The number of rotatable bonds is 6. The number of aryl methyl sites for hydroxylation is 1. The molecule has 0 fully saturated rings. The number of ether oxygens (including phenoxy) is 1. The van der Waals surface area contributed by atoms with Gasteiger partial charge in [0.15, 0.2) is 0 Å². The molecule has 1 N–H and O–H groups in total. The molecule has 0 bridgehead atoms. The van der Waals surface area contributed by atoms with Crippen molar-refractivity contribution in [3.05, 3.63) is 53.1 Å². The first-order valence-electron chi connectivity index (χ1n) is 8.37. The van der Waals surface area contributed by atoms with Gasteiger partial charge in [-0.1, -0.05) is 29.8 Å². The second kappa shape index (κ2) is 8.72. The minimum absolute atomic E-state index is 0.0482. The fraction of sp³-hybridized carbons (Fsp3) is 0.300. The quantitative estimate of drug-likeness (QED) is 0.813. The number of carbonyl (C=O) groups excluding carboxylic acids is 2. The maximum absolute atomic E-state index is 12.5. The molecule has 0 spiro atoms. The van der Waals surface area contributed by atoms with Gasteiger partial charge in [-0.2, -0.15) is 0 Å². The third-order valence-electron chi connectivity index (χ3n) is 3.67. The lowest BCUT2D eigenvalue weighted by atomic mass is 10.2. The van der Waals surface area contributed by atoms with Gasteiger partial charge in [-0.15, -0.1) is 0 Å². The maximum Gasteiger partial charge on any atom is 0.244 e. The van der Waals surface area contributed by atoms with E-state index < -0.39 is 0 Å². The van der Waals surface area contributed by atoms with E-state index in [2.05, 4.69) is 5.32 Å². The molecule has 2 amide bonds. The lowest BCUT2D eigenvalue weighted by Gasteiger charge is -2.24. The Kier molecular flexibility index (Phi) is 6.64. The summed E-state index contributed by atoms with van der Waals surface area (Å²) >= 11 is 5.99. The van der Waals surface area contributed by atoms with Crippen molar-refractivity contribution in [3.8, 4) is 5.75 Å². The van der Waals surface area contributed by atoms with Crippen LogP contribution in [-0.2, 0) is 9.59 Å². The van der Waals surface area contributed by atoms with E-state index >= 15 is 0 Å². The number of hydrogen-bond donors (Lipinski definition) is 1. The number of amides is 2. The fourth-order valence-corrected chi connectivity index (χ4v) is 2.63. The van der Waals surface area contributed by atoms with Crippen molar-refractivity contribution < 1.29 is 14.3 Å². The molecule has 0 aromatic heterocycles. The number of nitrogens with zero attached hydrogens (tertiary/aromatic N) is 1. The lowest BCUT2D eigenvalue weighted by Crippen LogP contribution is -2.37. The van der Waals surface area contributed by atoms with E-state index in [1.807, 2.05) is 32.9 Å². The van der Waals surface area contributed by atoms with Gasteiger partial charge < -0.3 is 10.1 Å². The number of carbonyl (C=O) groups is 2. The molecule has 0 saturated heterocycles. The number of anilines is 2. The van der Waals surface area contributed by atoms with Gasteiger partial charge in [0.1, 0.15) is 12.3 Å². The van der Waals surface area contributed by atoms with Crippen LogP contribution in [0.25, 0.3) is 0 Å². The van der Waals surface area contributed by atoms with Gasteiger partial charge in [0, 0.05) is 17.6 Å². The van der Waals surface area contributed by atoms with E-state index in [0.717, 1.165) is 5.56 Å². The van der Waals surface area contributed by atoms with Crippen LogP contribution in [0.4, 0.5) is 11.4 Å². The predicted octanol–water partition coefficient (Wildman–Crippen LogP) is 4.43. The van der Waals surface area contributed by atoms with Crippen LogP contribution in [-0.4, -0.2) is 24.5 Å². The van der Waals surface area contributed by atoms with E-state index in [4.69, 9.17) is 16.3 Å². The molecule has 0 atom stereocenters. The number of benzene rings is 2. The molecule has 2 aromatic carbocycles. The van der Waals surface area contributed by atoms with Gasteiger partial charge in [-0.05, 0) is 50.6 Å². The van der Waals surface area contributed by atoms with Crippen LogP contribution < -0.4 is 15.0 Å². The van der Waals surface area contributed by atoms with Crippen LogP contribution in [0, 0.1) is 6.92 Å². The fourth-order valence-electron chi connectivity index (χ4n) is 2.46. The van der Waals surface area contributed by atoms with E-state index in [-0.39, 0.29) is 24.5 Å². The summed E-state index contributed by atoms with van der Waals surface area (Å²) in [5.74, 6) is -0.00266. The Bertz CT molecular complexity index is 805. The molecule has 138 valence electrons. The Balaban J connectivity index is 2.22. The van der Waals surface area contributed by atoms with Gasteiger partial charge in [-0.3, -0.25) is 14.5 Å². The number of hydrogen-bond acceptors (Lipinski definition) is 3. The largest absolute Gasteiger partial charge is 0.489 e. The summed E-state index contributed by atoms with van der Waals surface area (Å²) in [5, 5.41) is 3.34. The predicted molar refractivity (Wildman–Crippen MR) is 105 cm³/mol. The van der Waals surface area contributed by atoms with Crippen LogP contribution in [0.5, 0.6) is 5.75 Å². The zero-order valence-electron chi connectivity index (χ0n) is 15.4. The summed E-state index contributed by atoms with van der Waals surface area (Å²) < 4.78 is 5.77. The highest BCUT2D eigenvalue weighted by molar-refractivity contribution is 6.31. The summed E-state index contributed by atoms with van der Waals surface area (Å²) in [5.41, 5.74) is 2.07. The number of para-hydroxylation sites is 2. The Hall–Kier alpha value is -2.53. The maximum atomic E-state index is 12.5. The molecule has 26 heavy (non-hydrogen) atoms. The van der Waals surface area contributed by atoms with Crippen molar-refractivity contribution >= 4 is 34.8 Å². The SMILES string of the molecule is CC(=O)N(CC(=O)Nc1cc(Cl)ccc1C)c1ccccc1OC(C)C. The Morgan fingerprint density at radius 1 is 1.19 bits per heavy atom. The smallest absolute Gasteiger partial charge is 0.244 e. The minimum atomic E-state index is -0.315. The standard InChI is InChI=1S/C20H23ClN2O3/c1-13(2)26-19-8-6-5-7-18(19)23(15(4)24)12-20(25)22-17-11-16(21)10-9-14(17)3/h5-11,13H,12H2,1-4H3,(H,22,25). The number of halogens is 1. The zero-order chi connectivity index (χ0) is 19.3. The van der Waals surface area contributed by atoms with Crippen LogP contribution in [0.1, 0.15) is 26.3 Å². The molecule has 2 aromatic rings. The van der Waals surface area contributed by atoms with Crippen LogP contribution in [0.15, 0.2) is 42.5 Å². The van der Waals surface area contributed by atoms with Gasteiger partial charge in [-0.25, -0.2) is 0 Å². The molecule has 0 unspecified atom stereocenters. The van der Waals surface area contributed by atoms with Gasteiger partial charge in [0.25, 0.3) is 0 Å². The summed E-state index contributed by atoms with van der Waals surface area (Å²) in [6.45, 7) is 6.98. The minimum Gasteiger partial charge on any atom is -0.489 e. The van der Waals surface area contributed by atoms with Crippen LogP contribution in [0.2, 0.25) is 5.02 Å². The molecule has 6 heteroatoms. The van der Waals surface area contributed by atoms with Crippen molar-refractivity contribution in [2.75, 3.05) is 16.8 Å². The molecule has 0 aliphatic heterocycles. The molecule has 5 nitrogen and oxygen atoms in total. The molecule has 2 rings (SSSR count). The van der Waals surface area contributed by atoms with Crippen LogP contribution in [0.3, 0.4) is 0 Å². The van der Waals surface area contributed by atoms with Crippen molar-refractivity contribution in [1.82, 2.24) is 0 Å². The molecule has 0 heterocycles. The monoisotopic (exact) mass is 374 g/mol. The summed E-state index contributed by atoms with van der Waals surface area (Å²) in [4.78, 5) is 26.1. The Morgan fingerprint density at radius 3 is 2.54 bits per heavy atom. The molecular weight excluding hydrogens is 352 g/mol. The topological polar surface area (TPSA) is 58.6 Å². The van der Waals surface area contributed by atoms with E-state index in [0.29, 0.717) is 22.1 Å². The highest BCUT2D eigenvalue weighted by atomic mass is 35.5. The molecule has 0 saturated carbocycles. The average Bonchev–Trinajstić information content (AvgIpc) is 2.56. The van der Waals surface area contributed by atoms with Crippen molar-refractivity contribution in [2.24, 2.45) is 0 Å². The molecule has 0 aliphatic rings. The second-order valence-electron chi connectivity index (χ2n) is 6.25. The van der Waals surface area contributed by atoms with Crippen molar-refractivity contribution in [1.29, 1.82) is 0 Å².